The van der Waals surface area contributed by atoms with E-state index in [1.54, 1.807) is 6.92 Å². The number of benzene rings is 1. The molecule has 0 bridgehead atoms. The van der Waals surface area contributed by atoms with Gasteiger partial charge >= 0.3 is 5.97 Å². The van der Waals surface area contributed by atoms with Crippen LogP contribution in [0.15, 0.2) is 24.3 Å². The van der Waals surface area contributed by atoms with E-state index >= 15 is 0 Å². The highest BCUT2D eigenvalue weighted by Crippen LogP contribution is 2.09. The number of carbonyl (C=O) groups is 1. The predicted molar refractivity (Wildman–Crippen MR) is 75.2 cm³/mol. The summed E-state index contributed by atoms with van der Waals surface area (Å²) in [7, 11) is 1.50. The lowest BCUT2D eigenvalue weighted by Crippen LogP contribution is -2.27. The molecule has 0 fully saturated rings. The molecule has 0 radical (unpaired) electrons. The molecule has 1 aromatic rings. The highest BCUT2D eigenvalue weighted by Gasteiger charge is 2.19. The Bertz CT molecular complexity index is 457. The SMILES string of the molecule is CCOC(=O)C(Cc1ccc(C#CCCl)cc1)OC. The van der Waals surface area contributed by atoms with Gasteiger partial charge < -0.3 is 9.47 Å². The first-order valence-electron chi connectivity index (χ1n) is 6.04. The molecule has 0 aliphatic heterocycles. The van der Waals surface area contributed by atoms with Gasteiger partial charge in [0.25, 0.3) is 0 Å². The van der Waals surface area contributed by atoms with E-state index in [1.165, 1.54) is 7.11 Å². The Morgan fingerprint density at radius 3 is 2.58 bits per heavy atom. The fraction of sp³-hybridized carbons (Fsp3) is 0.400. The number of hydrogen-bond donors (Lipinski definition) is 0. The highest BCUT2D eigenvalue weighted by molar-refractivity contribution is 6.19. The largest absolute Gasteiger partial charge is 0.464 e. The third-order valence-corrected chi connectivity index (χ3v) is 2.64. The molecule has 0 saturated carbocycles. The summed E-state index contributed by atoms with van der Waals surface area (Å²) in [6, 6.07) is 7.63. The second-order valence-corrected chi connectivity index (χ2v) is 4.08. The first kappa shape index (κ1) is 15.6. The van der Waals surface area contributed by atoms with Crippen molar-refractivity contribution in [2.24, 2.45) is 0 Å². The summed E-state index contributed by atoms with van der Waals surface area (Å²) >= 11 is 5.49. The number of esters is 1. The fourth-order valence-electron chi connectivity index (χ4n) is 1.57. The van der Waals surface area contributed by atoms with Gasteiger partial charge in [-0.2, -0.15) is 0 Å². The Kier molecular flexibility index (Phi) is 7.02. The Morgan fingerprint density at radius 2 is 2.05 bits per heavy atom. The standard InChI is InChI=1S/C15H17ClO3/c1-3-19-15(17)14(18-2)11-13-8-6-12(7-9-13)5-4-10-16/h6-9,14H,3,10-11H2,1-2H3. The number of rotatable bonds is 5. The smallest absolute Gasteiger partial charge is 0.335 e. The van der Waals surface area contributed by atoms with Crippen molar-refractivity contribution in [2.45, 2.75) is 19.4 Å². The van der Waals surface area contributed by atoms with Crippen molar-refractivity contribution in [1.29, 1.82) is 0 Å². The molecule has 0 heterocycles. The molecule has 3 nitrogen and oxygen atoms in total. The first-order chi connectivity index (χ1) is 9.21. The van der Waals surface area contributed by atoms with Gasteiger partial charge in [0.1, 0.15) is 0 Å². The van der Waals surface area contributed by atoms with Crippen LogP contribution in [0.4, 0.5) is 0 Å². The summed E-state index contributed by atoms with van der Waals surface area (Å²) in [6.45, 7) is 2.13. The molecule has 0 amide bonds. The molecule has 0 N–H and O–H groups in total. The van der Waals surface area contributed by atoms with Crippen LogP contribution in [-0.2, 0) is 20.7 Å². The average Bonchev–Trinajstić information content (AvgIpc) is 2.44. The average molecular weight is 281 g/mol. The van der Waals surface area contributed by atoms with Gasteiger partial charge in [0.2, 0.25) is 0 Å². The van der Waals surface area contributed by atoms with E-state index in [9.17, 15) is 4.79 Å². The van der Waals surface area contributed by atoms with Crippen molar-refractivity contribution in [2.75, 3.05) is 19.6 Å². The van der Waals surface area contributed by atoms with Crippen molar-refractivity contribution in [3.8, 4) is 11.8 Å². The van der Waals surface area contributed by atoms with Gasteiger partial charge in [-0.3, -0.25) is 0 Å². The summed E-state index contributed by atoms with van der Waals surface area (Å²) < 4.78 is 10.1. The highest BCUT2D eigenvalue weighted by atomic mass is 35.5. The van der Waals surface area contributed by atoms with Gasteiger partial charge in [0, 0.05) is 19.1 Å². The van der Waals surface area contributed by atoms with Crippen LogP contribution >= 0.6 is 11.6 Å². The Balaban J connectivity index is 2.67. The summed E-state index contributed by atoms with van der Waals surface area (Å²) in [6.07, 6.45) is -0.0850. The number of halogens is 1. The lowest BCUT2D eigenvalue weighted by atomic mass is 10.1. The maximum Gasteiger partial charge on any atom is 0.335 e. The van der Waals surface area contributed by atoms with Crippen molar-refractivity contribution in [3.63, 3.8) is 0 Å². The summed E-state index contributed by atoms with van der Waals surface area (Å²) in [5, 5.41) is 0. The van der Waals surface area contributed by atoms with Crippen LogP contribution in [0.3, 0.4) is 0 Å². The van der Waals surface area contributed by atoms with E-state index in [1.807, 2.05) is 24.3 Å². The van der Waals surface area contributed by atoms with Gasteiger partial charge in [-0.1, -0.05) is 24.0 Å². The van der Waals surface area contributed by atoms with Crippen molar-refractivity contribution in [1.82, 2.24) is 0 Å². The van der Waals surface area contributed by atoms with Gasteiger partial charge in [-0.25, -0.2) is 4.79 Å². The number of carbonyl (C=O) groups excluding carboxylic acids is 1. The number of alkyl halides is 1. The summed E-state index contributed by atoms with van der Waals surface area (Å²) in [4.78, 5) is 11.6. The minimum absolute atomic E-state index is 0.316. The Hall–Kier alpha value is -1.50. The molecular weight excluding hydrogens is 264 g/mol. The summed E-state index contributed by atoms with van der Waals surface area (Å²) in [5.41, 5.74) is 1.89. The zero-order valence-electron chi connectivity index (χ0n) is 11.1. The van der Waals surface area contributed by atoms with Gasteiger partial charge in [0.05, 0.1) is 12.5 Å². The minimum Gasteiger partial charge on any atom is -0.464 e. The molecule has 19 heavy (non-hydrogen) atoms. The van der Waals surface area contributed by atoms with Gasteiger partial charge in [-0.05, 0) is 24.6 Å². The second-order valence-electron chi connectivity index (χ2n) is 3.81. The molecule has 1 unspecified atom stereocenters. The van der Waals surface area contributed by atoms with E-state index in [2.05, 4.69) is 11.8 Å². The van der Waals surface area contributed by atoms with Crippen LogP contribution < -0.4 is 0 Å². The van der Waals surface area contributed by atoms with E-state index in [4.69, 9.17) is 21.1 Å². The topological polar surface area (TPSA) is 35.5 Å². The van der Waals surface area contributed by atoms with Crippen LogP contribution in [-0.4, -0.2) is 31.7 Å². The van der Waals surface area contributed by atoms with Crippen molar-refractivity contribution in [3.05, 3.63) is 35.4 Å². The molecule has 4 heteroatoms. The number of ether oxygens (including phenoxy) is 2. The van der Waals surface area contributed by atoms with Crippen LogP contribution in [0, 0.1) is 11.8 Å². The molecule has 0 aliphatic carbocycles. The van der Waals surface area contributed by atoms with E-state index in [-0.39, 0.29) is 5.97 Å². The lowest BCUT2D eigenvalue weighted by molar-refractivity contribution is -0.154. The fourth-order valence-corrected chi connectivity index (χ4v) is 1.64. The first-order valence-corrected chi connectivity index (χ1v) is 6.58. The third-order valence-electron chi connectivity index (χ3n) is 2.51. The maximum absolute atomic E-state index is 11.6. The predicted octanol–water partition coefficient (Wildman–Crippen LogP) is 2.40. The van der Waals surface area contributed by atoms with E-state index in [0.717, 1.165) is 11.1 Å². The van der Waals surface area contributed by atoms with Crippen LogP contribution in [0.5, 0.6) is 0 Å². The van der Waals surface area contributed by atoms with E-state index < -0.39 is 6.10 Å². The van der Waals surface area contributed by atoms with Crippen LogP contribution in [0.2, 0.25) is 0 Å². The molecule has 102 valence electrons. The summed E-state index contributed by atoms with van der Waals surface area (Å²) in [5.74, 6) is 5.69. The number of methoxy groups -OCH3 is 1. The molecule has 1 atom stereocenters. The quantitative estimate of drug-likeness (QED) is 0.472. The second kappa shape index (κ2) is 8.58. The lowest BCUT2D eigenvalue weighted by Gasteiger charge is -2.13. The normalized spacial score (nSPS) is 11.3. The monoisotopic (exact) mass is 280 g/mol. The molecule has 0 saturated heterocycles. The third kappa shape index (κ3) is 5.34. The van der Waals surface area contributed by atoms with Crippen LogP contribution in [0.25, 0.3) is 0 Å². The molecule has 0 aliphatic rings. The maximum atomic E-state index is 11.6. The molecule has 1 rings (SSSR count). The molecule has 1 aromatic carbocycles. The zero-order chi connectivity index (χ0) is 14.1. The van der Waals surface area contributed by atoms with Gasteiger partial charge in [-0.15, -0.1) is 11.6 Å². The Morgan fingerprint density at radius 1 is 1.37 bits per heavy atom. The Labute approximate surface area is 118 Å². The number of hydrogen-bond acceptors (Lipinski definition) is 3. The van der Waals surface area contributed by atoms with E-state index in [0.29, 0.717) is 18.9 Å². The minimum atomic E-state index is -0.570. The van der Waals surface area contributed by atoms with Crippen molar-refractivity contribution >= 4 is 17.6 Å². The van der Waals surface area contributed by atoms with Gasteiger partial charge in [0.15, 0.2) is 6.10 Å². The molecule has 0 spiro atoms. The zero-order valence-corrected chi connectivity index (χ0v) is 11.9. The molecular formula is C15H17ClO3. The molecule has 0 aromatic heterocycles. The van der Waals surface area contributed by atoms with Crippen molar-refractivity contribution < 1.29 is 14.3 Å². The van der Waals surface area contributed by atoms with Crippen LogP contribution in [0.1, 0.15) is 18.1 Å².